The van der Waals surface area contributed by atoms with Crippen LogP contribution in [-0.2, 0) is 18.4 Å². The van der Waals surface area contributed by atoms with Gasteiger partial charge in [0.15, 0.2) is 0 Å². The van der Waals surface area contributed by atoms with Crippen LogP contribution in [0.5, 0.6) is 11.5 Å². The van der Waals surface area contributed by atoms with Gasteiger partial charge in [0.25, 0.3) is 0 Å². The molecule has 0 radical (unpaired) electrons. The topological polar surface area (TPSA) is 86.5 Å². The van der Waals surface area contributed by atoms with E-state index in [1.54, 1.807) is 49.9 Å². The molecule has 0 fully saturated rings. The number of hydrogen-bond acceptors (Lipinski definition) is 6. The molecule has 4 rings (SSSR count). The highest BCUT2D eigenvalue weighted by Crippen LogP contribution is 2.37. The number of ether oxygens (including phenoxy) is 2. The molecule has 0 unspecified atom stereocenters. The maximum Gasteiger partial charge on any atom is 0.340 e. The van der Waals surface area contributed by atoms with Gasteiger partial charge in [0.05, 0.1) is 17.9 Å². The van der Waals surface area contributed by atoms with Crippen molar-refractivity contribution in [3.05, 3.63) is 72.4 Å². The van der Waals surface area contributed by atoms with E-state index in [4.69, 9.17) is 9.47 Å². The highest BCUT2D eigenvalue weighted by molar-refractivity contribution is 6.07. The summed E-state index contributed by atoms with van der Waals surface area (Å²) in [6.45, 7) is 2.17. The average molecular weight is 440 g/mol. The Morgan fingerprint density at radius 1 is 1.13 bits per heavy atom. The molecule has 0 aliphatic heterocycles. The number of halogens is 1. The van der Waals surface area contributed by atoms with Crippen molar-refractivity contribution in [2.24, 2.45) is 7.05 Å². The first-order valence-corrected chi connectivity index (χ1v) is 9.54. The quantitative estimate of drug-likeness (QED) is 0.444. The Kier molecular flexibility index (Phi) is 6.77. The van der Waals surface area contributed by atoms with Crippen LogP contribution in [0.3, 0.4) is 0 Å². The smallest absolute Gasteiger partial charge is 0.340 e. The molecule has 0 aliphatic rings. The largest absolute Gasteiger partial charge is 0.507 e. The maximum absolute atomic E-state index is 12.8. The summed E-state index contributed by atoms with van der Waals surface area (Å²) in [6, 6.07) is 10.6. The minimum absolute atomic E-state index is 0. The zero-order valence-electron chi connectivity index (χ0n) is 17.1. The number of hydrogen-bond donors (Lipinski definition) is 1. The second-order valence-electron chi connectivity index (χ2n) is 6.70. The fourth-order valence-corrected chi connectivity index (χ4v) is 3.46. The van der Waals surface area contributed by atoms with Crippen LogP contribution in [0.25, 0.3) is 22.0 Å². The molecule has 0 spiro atoms. The van der Waals surface area contributed by atoms with Crippen molar-refractivity contribution in [1.29, 1.82) is 0 Å². The third kappa shape index (κ3) is 4.32. The van der Waals surface area contributed by atoms with Gasteiger partial charge in [-0.1, -0.05) is 6.07 Å². The van der Waals surface area contributed by atoms with E-state index in [2.05, 4.69) is 9.97 Å². The first-order chi connectivity index (χ1) is 14.6. The van der Waals surface area contributed by atoms with Crippen molar-refractivity contribution in [1.82, 2.24) is 14.5 Å². The van der Waals surface area contributed by atoms with E-state index < -0.39 is 5.97 Å². The number of pyridine rings is 2. The summed E-state index contributed by atoms with van der Waals surface area (Å²) in [5, 5.41) is 11.3. The second kappa shape index (κ2) is 9.49. The monoisotopic (exact) mass is 439 g/mol. The summed E-state index contributed by atoms with van der Waals surface area (Å²) < 4.78 is 13.1. The zero-order valence-corrected chi connectivity index (χ0v) is 17.9. The second-order valence-corrected chi connectivity index (χ2v) is 6.70. The molecule has 0 aliphatic carbocycles. The van der Waals surface area contributed by atoms with Crippen LogP contribution in [-0.4, -0.2) is 32.2 Å². The summed E-state index contributed by atoms with van der Waals surface area (Å²) in [5.74, 6) is 0.252. The SMILES string of the molecule is CCOC(=O)c1c(COc2ccncc2)n(C)c2cc(-c3cccnc3)c(O)cc12.Cl. The first-order valence-electron chi connectivity index (χ1n) is 9.54. The highest BCUT2D eigenvalue weighted by Gasteiger charge is 2.24. The molecular formula is C23H22ClN3O4. The van der Waals surface area contributed by atoms with Crippen molar-refractivity contribution in [2.75, 3.05) is 6.61 Å². The lowest BCUT2D eigenvalue weighted by Gasteiger charge is -2.10. The Bertz CT molecular complexity index is 1190. The van der Waals surface area contributed by atoms with Gasteiger partial charge < -0.3 is 19.1 Å². The van der Waals surface area contributed by atoms with Gasteiger partial charge in [-0.15, -0.1) is 12.4 Å². The number of esters is 1. The molecule has 160 valence electrons. The van der Waals surface area contributed by atoms with Gasteiger partial charge in [-0.3, -0.25) is 9.97 Å². The van der Waals surface area contributed by atoms with E-state index in [1.165, 1.54) is 0 Å². The Hall–Kier alpha value is -3.58. The van der Waals surface area contributed by atoms with Crippen molar-refractivity contribution in [3.63, 3.8) is 0 Å². The van der Waals surface area contributed by atoms with Crippen LogP contribution in [0.1, 0.15) is 23.0 Å². The number of phenols is 1. The summed E-state index contributed by atoms with van der Waals surface area (Å²) in [5.41, 5.74) is 3.24. The van der Waals surface area contributed by atoms with Gasteiger partial charge in [-0.2, -0.15) is 0 Å². The number of aromatic nitrogens is 3. The van der Waals surface area contributed by atoms with Gasteiger partial charge in [0, 0.05) is 53.9 Å². The molecular weight excluding hydrogens is 418 g/mol. The van der Waals surface area contributed by atoms with Crippen LogP contribution < -0.4 is 4.74 Å². The Morgan fingerprint density at radius 3 is 2.58 bits per heavy atom. The number of rotatable bonds is 6. The lowest BCUT2D eigenvalue weighted by atomic mass is 10.0. The molecule has 8 heteroatoms. The molecule has 0 amide bonds. The summed E-state index contributed by atoms with van der Waals surface area (Å²) >= 11 is 0. The molecule has 0 bridgehead atoms. The predicted molar refractivity (Wildman–Crippen MR) is 120 cm³/mol. The number of carbonyl (C=O) groups excluding carboxylic acids is 1. The zero-order chi connectivity index (χ0) is 21.1. The summed E-state index contributed by atoms with van der Waals surface area (Å²) in [6.07, 6.45) is 6.64. The molecule has 4 aromatic rings. The lowest BCUT2D eigenvalue weighted by molar-refractivity contribution is 0.0525. The third-order valence-corrected chi connectivity index (χ3v) is 4.92. The van der Waals surface area contributed by atoms with Crippen LogP contribution in [0.4, 0.5) is 0 Å². The molecule has 0 saturated heterocycles. The predicted octanol–water partition coefficient (Wildman–Crippen LogP) is 4.52. The van der Waals surface area contributed by atoms with Crippen LogP contribution >= 0.6 is 12.4 Å². The number of nitrogens with zero attached hydrogens (tertiary/aromatic N) is 3. The average Bonchev–Trinajstić information content (AvgIpc) is 3.04. The molecule has 0 atom stereocenters. The van der Waals surface area contributed by atoms with Gasteiger partial charge in [-0.05, 0) is 37.3 Å². The minimum atomic E-state index is -0.454. The molecule has 7 nitrogen and oxygen atoms in total. The molecule has 3 heterocycles. The highest BCUT2D eigenvalue weighted by atomic mass is 35.5. The molecule has 1 aromatic carbocycles. The van der Waals surface area contributed by atoms with Crippen molar-refractivity contribution in [2.45, 2.75) is 13.5 Å². The number of aromatic hydroxyl groups is 1. The van der Waals surface area contributed by atoms with Crippen molar-refractivity contribution >= 4 is 29.3 Å². The fourth-order valence-electron chi connectivity index (χ4n) is 3.46. The Morgan fingerprint density at radius 2 is 1.90 bits per heavy atom. The van der Waals surface area contributed by atoms with Crippen LogP contribution in [0.15, 0.2) is 61.2 Å². The standard InChI is InChI=1S/C23H21N3O4.ClH/c1-3-29-23(28)22-18-12-21(27)17(15-5-4-8-25-13-15)11-19(18)26(2)20(22)14-30-16-6-9-24-10-7-16;/h4-13,27H,3,14H2,1-2H3;1H. The van der Waals surface area contributed by atoms with Gasteiger partial charge in [0.2, 0.25) is 0 Å². The third-order valence-electron chi connectivity index (χ3n) is 4.92. The lowest BCUT2D eigenvalue weighted by Crippen LogP contribution is -2.11. The minimum Gasteiger partial charge on any atom is -0.507 e. The number of carbonyl (C=O) groups is 1. The summed E-state index contributed by atoms with van der Waals surface area (Å²) in [7, 11) is 1.86. The normalized spacial score (nSPS) is 10.5. The maximum atomic E-state index is 12.8. The van der Waals surface area contributed by atoms with E-state index in [9.17, 15) is 9.90 Å². The van der Waals surface area contributed by atoms with E-state index in [1.807, 2.05) is 29.8 Å². The Labute approximate surface area is 185 Å². The van der Waals surface area contributed by atoms with Crippen molar-refractivity contribution < 1.29 is 19.4 Å². The van der Waals surface area contributed by atoms with Gasteiger partial charge in [0.1, 0.15) is 18.1 Å². The van der Waals surface area contributed by atoms with E-state index in [0.29, 0.717) is 28.0 Å². The number of aryl methyl sites for hydroxylation is 1. The molecule has 3 aromatic heterocycles. The number of benzene rings is 1. The first kappa shape index (κ1) is 22.1. The van der Waals surface area contributed by atoms with Crippen LogP contribution in [0, 0.1) is 0 Å². The Balaban J connectivity index is 0.00000272. The van der Waals surface area contributed by atoms with Gasteiger partial charge >= 0.3 is 5.97 Å². The van der Waals surface area contributed by atoms with E-state index in [-0.39, 0.29) is 31.4 Å². The van der Waals surface area contributed by atoms with E-state index in [0.717, 1.165) is 11.1 Å². The molecule has 1 N–H and O–H groups in total. The van der Waals surface area contributed by atoms with E-state index >= 15 is 0 Å². The number of fused-ring (bicyclic) bond motifs is 1. The fraction of sp³-hybridized carbons (Fsp3) is 0.174. The number of phenolic OH excluding ortho intramolecular Hbond substituents is 1. The molecule has 31 heavy (non-hydrogen) atoms. The van der Waals surface area contributed by atoms with Gasteiger partial charge in [-0.25, -0.2) is 4.79 Å². The molecule has 0 saturated carbocycles. The van der Waals surface area contributed by atoms with Crippen molar-refractivity contribution in [3.8, 4) is 22.6 Å². The summed E-state index contributed by atoms with van der Waals surface area (Å²) in [4.78, 5) is 20.9. The van der Waals surface area contributed by atoms with Crippen LogP contribution in [0.2, 0.25) is 0 Å².